The number of alkyl halides is 1. The number of aliphatic hydroxyl groups is 1. The molecule has 0 amide bonds. The van der Waals surface area contributed by atoms with Gasteiger partial charge in [-0.1, -0.05) is 42.5 Å². The minimum atomic E-state index is -0.583. The first-order chi connectivity index (χ1) is 13.7. The molecule has 5 nitrogen and oxygen atoms in total. The van der Waals surface area contributed by atoms with Crippen LogP contribution >= 0.6 is 11.6 Å². The summed E-state index contributed by atoms with van der Waals surface area (Å²) in [7, 11) is 0. The third kappa shape index (κ3) is 3.59. The van der Waals surface area contributed by atoms with Crippen LogP contribution in [0.25, 0.3) is 28.0 Å². The number of fused-ring (bicyclic) bond motifs is 1. The van der Waals surface area contributed by atoms with Crippen LogP contribution in [0.15, 0.2) is 66.9 Å². The molecular weight excluding hydrogens is 372 g/mol. The number of aromatic nitrogens is 3. The van der Waals surface area contributed by atoms with Gasteiger partial charge in [-0.05, 0) is 30.7 Å². The fourth-order valence-corrected chi connectivity index (χ4v) is 3.40. The topological polar surface area (TPSA) is 62.5 Å². The normalized spacial score (nSPS) is 12.2. The van der Waals surface area contributed by atoms with E-state index >= 15 is 0 Å². The van der Waals surface area contributed by atoms with Crippen LogP contribution in [0, 0.1) is 6.92 Å². The van der Waals surface area contributed by atoms with Crippen LogP contribution in [0.3, 0.4) is 0 Å². The van der Waals surface area contributed by atoms with Gasteiger partial charge in [-0.2, -0.15) is 5.10 Å². The zero-order chi connectivity index (χ0) is 19.5. The molecule has 0 aliphatic rings. The van der Waals surface area contributed by atoms with Crippen molar-refractivity contribution >= 4 is 22.9 Å². The van der Waals surface area contributed by atoms with Crippen LogP contribution in [0.2, 0.25) is 0 Å². The van der Waals surface area contributed by atoms with Crippen molar-refractivity contribution in [3.8, 4) is 22.4 Å². The third-order valence-electron chi connectivity index (χ3n) is 4.63. The first-order valence-corrected chi connectivity index (χ1v) is 9.69. The molecule has 0 saturated carbocycles. The molecule has 2 heterocycles. The molecule has 0 bridgehead atoms. The second-order valence-corrected chi connectivity index (χ2v) is 6.97. The largest absolute Gasteiger partial charge is 0.390 e. The Balaban J connectivity index is 1.76. The van der Waals surface area contributed by atoms with Crippen LogP contribution in [-0.2, 0) is 0 Å². The molecule has 1 atom stereocenters. The van der Waals surface area contributed by atoms with Crippen LogP contribution in [0.1, 0.15) is 5.69 Å². The maximum Gasteiger partial charge on any atom is 0.163 e. The Labute approximate surface area is 168 Å². The SMILES string of the molecule is Cc1nn2c(-c3cccc(NCC(O)CCl)c3)ccnc2c1-c1ccccc1. The van der Waals surface area contributed by atoms with E-state index in [0.717, 1.165) is 39.4 Å². The Morgan fingerprint density at radius 2 is 1.86 bits per heavy atom. The number of halogens is 1. The van der Waals surface area contributed by atoms with Gasteiger partial charge in [-0.25, -0.2) is 9.50 Å². The Morgan fingerprint density at radius 1 is 1.07 bits per heavy atom. The number of aryl methyl sites for hydroxylation is 1. The van der Waals surface area contributed by atoms with E-state index in [0.29, 0.717) is 6.54 Å². The molecule has 0 fully saturated rings. The van der Waals surface area contributed by atoms with Crippen LogP contribution in [-0.4, -0.2) is 38.2 Å². The molecule has 2 aromatic carbocycles. The maximum absolute atomic E-state index is 9.67. The summed E-state index contributed by atoms with van der Waals surface area (Å²) in [6.07, 6.45) is 1.23. The molecule has 2 aromatic heterocycles. The van der Waals surface area contributed by atoms with Gasteiger partial charge >= 0.3 is 0 Å². The zero-order valence-corrected chi connectivity index (χ0v) is 16.3. The first-order valence-electron chi connectivity index (χ1n) is 9.15. The number of rotatable bonds is 6. The minimum Gasteiger partial charge on any atom is -0.390 e. The zero-order valence-electron chi connectivity index (χ0n) is 15.5. The number of hydrogen-bond acceptors (Lipinski definition) is 4. The van der Waals surface area contributed by atoms with Crippen molar-refractivity contribution in [2.75, 3.05) is 17.7 Å². The number of nitrogens with one attached hydrogen (secondary N) is 1. The molecular formula is C22H21ClN4O. The summed E-state index contributed by atoms with van der Waals surface area (Å²) in [6, 6.07) is 20.2. The van der Waals surface area contributed by atoms with E-state index in [2.05, 4.69) is 22.4 Å². The van der Waals surface area contributed by atoms with E-state index in [-0.39, 0.29) is 5.88 Å². The van der Waals surface area contributed by atoms with Gasteiger partial charge in [0.05, 0.1) is 23.4 Å². The van der Waals surface area contributed by atoms with Crippen molar-refractivity contribution in [2.45, 2.75) is 13.0 Å². The molecule has 0 saturated heterocycles. The van der Waals surface area contributed by atoms with E-state index in [9.17, 15) is 5.11 Å². The Kier molecular flexibility index (Phi) is 5.28. The Bertz CT molecular complexity index is 1090. The molecule has 0 radical (unpaired) electrons. The third-order valence-corrected chi connectivity index (χ3v) is 4.99. The molecule has 0 aliphatic carbocycles. The Hall–Kier alpha value is -2.89. The lowest BCUT2D eigenvalue weighted by molar-refractivity contribution is 0.211. The molecule has 1 unspecified atom stereocenters. The van der Waals surface area contributed by atoms with Crippen LogP contribution < -0.4 is 5.32 Å². The van der Waals surface area contributed by atoms with Crippen LogP contribution in [0.4, 0.5) is 5.69 Å². The summed E-state index contributed by atoms with van der Waals surface area (Å²) >= 11 is 5.67. The van der Waals surface area contributed by atoms with Crippen molar-refractivity contribution in [3.05, 3.63) is 72.6 Å². The summed E-state index contributed by atoms with van der Waals surface area (Å²) in [5.41, 5.74) is 6.80. The average molecular weight is 393 g/mol. The van der Waals surface area contributed by atoms with Crippen molar-refractivity contribution in [1.29, 1.82) is 0 Å². The molecule has 28 heavy (non-hydrogen) atoms. The predicted molar refractivity (Wildman–Crippen MR) is 114 cm³/mol. The van der Waals surface area contributed by atoms with Crippen LogP contribution in [0.5, 0.6) is 0 Å². The van der Waals surface area contributed by atoms with E-state index in [1.165, 1.54) is 0 Å². The molecule has 6 heteroatoms. The standard InChI is InChI=1S/C22H21ClN4O/c1-15-21(16-6-3-2-4-7-16)22-24-11-10-20(27(22)26-15)17-8-5-9-18(12-17)25-14-19(28)13-23/h2-12,19,25,28H,13-14H2,1H3. The summed E-state index contributed by atoms with van der Waals surface area (Å²) in [4.78, 5) is 4.59. The van der Waals surface area contributed by atoms with Gasteiger partial charge in [0, 0.05) is 29.6 Å². The van der Waals surface area contributed by atoms with Gasteiger partial charge in [-0.15, -0.1) is 11.6 Å². The van der Waals surface area contributed by atoms with E-state index in [1.54, 1.807) is 0 Å². The van der Waals surface area contributed by atoms with E-state index in [4.69, 9.17) is 16.7 Å². The van der Waals surface area contributed by atoms with Gasteiger partial charge in [0.15, 0.2) is 5.65 Å². The van der Waals surface area contributed by atoms with Crippen molar-refractivity contribution in [1.82, 2.24) is 14.6 Å². The fourth-order valence-electron chi connectivity index (χ4n) is 3.29. The highest BCUT2D eigenvalue weighted by Crippen LogP contribution is 2.30. The highest BCUT2D eigenvalue weighted by atomic mass is 35.5. The second kappa shape index (κ2) is 8.00. The quantitative estimate of drug-likeness (QED) is 0.478. The van der Waals surface area contributed by atoms with Gasteiger partial charge in [0.1, 0.15) is 0 Å². The van der Waals surface area contributed by atoms with Gasteiger partial charge in [0.2, 0.25) is 0 Å². The molecule has 2 N–H and O–H groups in total. The summed E-state index contributed by atoms with van der Waals surface area (Å²) < 4.78 is 1.89. The number of benzene rings is 2. The molecule has 4 rings (SSSR count). The smallest absolute Gasteiger partial charge is 0.163 e. The summed E-state index contributed by atoms with van der Waals surface area (Å²) in [6.45, 7) is 2.41. The number of aliphatic hydroxyl groups excluding tert-OH is 1. The van der Waals surface area contributed by atoms with Gasteiger partial charge in [-0.3, -0.25) is 0 Å². The number of anilines is 1. The van der Waals surface area contributed by atoms with E-state index < -0.39 is 6.10 Å². The first kappa shape index (κ1) is 18.5. The van der Waals surface area contributed by atoms with Crippen molar-refractivity contribution < 1.29 is 5.11 Å². The Morgan fingerprint density at radius 3 is 2.64 bits per heavy atom. The molecule has 0 aliphatic heterocycles. The molecule has 142 valence electrons. The fraction of sp³-hybridized carbons (Fsp3) is 0.182. The van der Waals surface area contributed by atoms with Crippen molar-refractivity contribution in [2.24, 2.45) is 0 Å². The lowest BCUT2D eigenvalue weighted by Crippen LogP contribution is -2.20. The minimum absolute atomic E-state index is 0.201. The van der Waals surface area contributed by atoms with Gasteiger partial charge < -0.3 is 10.4 Å². The predicted octanol–water partition coefficient (Wildman–Crippen LogP) is 4.38. The monoisotopic (exact) mass is 392 g/mol. The summed E-state index contributed by atoms with van der Waals surface area (Å²) in [5.74, 6) is 0.201. The maximum atomic E-state index is 9.67. The highest BCUT2D eigenvalue weighted by molar-refractivity contribution is 6.18. The average Bonchev–Trinajstić information content (AvgIpc) is 3.08. The lowest BCUT2D eigenvalue weighted by atomic mass is 10.1. The van der Waals surface area contributed by atoms with Gasteiger partial charge in [0.25, 0.3) is 0 Å². The summed E-state index contributed by atoms with van der Waals surface area (Å²) in [5, 5.41) is 17.6. The lowest BCUT2D eigenvalue weighted by Gasteiger charge is -2.12. The highest BCUT2D eigenvalue weighted by Gasteiger charge is 2.15. The number of nitrogens with zero attached hydrogens (tertiary/aromatic N) is 3. The number of hydrogen-bond donors (Lipinski definition) is 2. The van der Waals surface area contributed by atoms with Crippen molar-refractivity contribution in [3.63, 3.8) is 0 Å². The second-order valence-electron chi connectivity index (χ2n) is 6.66. The van der Waals surface area contributed by atoms with E-state index in [1.807, 2.05) is 66.2 Å². The molecule has 4 aromatic rings. The molecule has 0 spiro atoms.